The van der Waals surface area contributed by atoms with Gasteiger partial charge in [0.05, 0.1) is 22.2 Å². The zero-order chi connectivity index (χ0) is 13.3. The van der Waals surface area contributed by atoms with Crippen molar-refractivity contribution in [3.8, 4) is 0 Å². The third-order valence-corrected chi connectivity index (χ3v) is 3.95. The molecule has 0 spiro atoms. The van der Waals surface area contributed by atoms with E-state index < -0.39 is 5.91 Å². The lowest BCUT2D eigenvalue weighted by Crippen LogP contribution is -2.29. The number of amides is 1. The maximum absolute atomic E-state index is 11.2. The molecule has 0 aromatic carbocycles. The molecule has 0 aliphatic rings. The van der Waals surface area contributed by atoms with Gasteiger partial charge in [-0.3, -0.25) is 10.2 Å². The Labute approximate surface area is 117 Å². The number of hydrogen-bond donors (Lipinski definition) is 2. The van der Waals surface area contributed by atoms with Gasteiger partial charge in [-0.25, -0.2) is 0 Å². The summed E-state index contributed by atoms with van der Waals surface area (Å²) in [5.41, 5.74) is 5.32. The predicted molar refractivity (Wildman–Crippen MR) is 72.2 cm³/mol. The Bertz CT molecular complexity index is 663. The first-order chi connectivity index (χ1) is 8.49. The first-order valence-corrected chi connectivity index (χ1v) is 6.59. The molecule has 3 N–H and O–H groups in total. The molecular formula is C11H9Cl2N3OS. The zero-order valence-corrected chi connectivity index (χ0v) is 11.4. The number of rotatable bonds is 3. The number of pyridine rings is 1. The Morgan fingerprint density at radius 3 is 2.78 bits per heavy atom. The van der Waals surface area contributed by atoms with Crippen molar-refractivity contribution in [3.63, 3.8) is 0 Å². The number of aromatic nitrogens is 1. The molecule has 0 aliphatic carbocycles. The smallest absolute Gasteiger partial charge is 0.252 e. The van der Waals surface area contributed by atoms with Crippen molar-refractivity contribution in [2.24, 2.45) is 5.73 Å². The number of carbonyl (C=O) groups is 1. The fourth-order valence-corrected chi connectivity index (χ4v) is 2.84. The number of nitrogens with two attached hydrogens (primary N) is 1. The molecule has 0 fully saturated rings. The van der Waals surface area contributed by atoms with E-state index in [0.29, 0.717) is 16.6 Å². The highest BCUT2D eigenvalue weighted by atomic mass is 35.5. The molecule has 0 atom stereocenters. The largest absolute Gasteiger partial charge is 0.365 e. The standard InChI is InChI=1S/C11H9Cl2N3OS/c12-6-3-7(11(15)17)10(14)16(4-6)5-9-8(13)1-2-18-9/h1-4,14H,5H2,(H2,15,17). The normalized spacial score (nSPS) is 10.6. The summed E-state index contributed by atoms with van der Waals surface area (Å²) in [6, 6.07) is 3.17. The molecule has 0 bridgehead atoms. The third-order valence-electron chi connectivity index (χ3n) is 2.37. The van der Waals surface area contributed by atoms with Crippen molar-refractivity contribution in [2.75, 3.05) is 0 Å². The van der Waals surface area contributed by atoms with E-state index in [1.165, 1.54) is 17.4 Å². The van der Waals surface area contributed by atoms with Gasteiger partial charge in [0.25, 0.3) is 5.91 Å². The first kappa shape index (κ1) is 13.1. The van der Waals surface area contributed by atoms with E-state index in [-0.39, 0.29) is 11.1 Å². The van der Waals surface area contributed by atoms with Gasteiger partial charge in [0.15, 0.2) is 0 Å². The maximum Gasteiger partial charge on any atom is 0.252 e. The Hall–Kier alpha value is -1.30. The van der Waals surface area contributed by atoms with Crippen LogP contribution in [0.15, 0.2) is 23.7 Å². The van der Waals surface area contributed by atoms with E-state index in [1.807, 2.05) is 5.38 Å². The molecule has 0 unspecified atom stereocenters. The molecule has 2 rings (SSSR count). The number of thiophene rings is 1. The lowest BCUT2D eigenvalue weighted by Gasteiger charge is -2.09. The fraction of sp³-hybridized carbons (Fsp3) is 0.0909. The monoisotopic (exact) mass is 301 g/mol. The zero-order valence-electron chi connectivity index (χ0n) is 9.11. The number of primary amides is 1. The van der Waals surface area contributed by atoms with Crippen LogP contribution in [0.4, 0.5) is 0 Å². The molecule has 0 saturated carbocycles. The molecule has 7 heteroatoms. The highest BCUT2D eigenvalue weighted by molar-refractivity contribution is 7.10. The van der Waals surface area contributed by atoms with E-state index in [0.717, 1.165) is 4.88 Å². The Kier molecular flexibility index (Phi) is 3.75. The quantitative estimate of drug-likeness (QED) is 0.898. The summed E-state index contributed by atoms with van der Waals surface area (Å²) in [5, 5.41) is 10.8. The van der Waals surface area contributed by atoms with Gasteiger partial charge in [0, 0.05) is 11.1 Å². The van der Waals surface area contributed by atoms with Gasteiger partial charge in [-0.2, -0.15) is 0 Å². The van der Waals surface area contributed by atoms with Crippen molar-refractivity contribution in [3.05, 3.63) is 49.7 Å². The van der Waals surface area contributed by atoms with Gasteiger partial charge in [-0.05, 0) is 17.5 Å². The highest BCUT2D eigenvalue weighted by Crippen LogP contribution is 2.22. The minimum absolute atomic E-state index is 0.0244. The predicted octanol–water partition coefficient (Wildman–Crippen LogP) is 2.48. The van der Waals surface area contributed by atoms with Crippen molar-refractivity contribution in [1.29, 1.82) is 5.41 Å². The van der Waals surface area contributed by atoms with E-state index in [4.69, 9.17) is 34.3 Å². The first-order valence-electron chi connectivity index (χ1n) is 4.95. The molecule has 94 valence electrons. The Balaban J connectivity index is 2.49. The summed E-state index contributed by atoms with van der Waals surface area (Å²) in [4.78, 5) is 12.1. The van der Waals surface area contributed by atoms with Crippen LogP contribution >= 0.6 is 34.5 Å². The lowest BCUT2D eigenvalue weighted by molar-refractivity contribution is 0.0998. The fourth-order valence-electron chi connectivity index (χ4n) is 1.52. The summed E-state index contributed by atoms with van der Waals surface area (Å²) in [5.74, 6) is -0.673. The number of nitrogens with zero attached hydrogens (tertiary/aromatic N) is 1. The average Bonchev–Trinajstić information content (AvgIpc) is 2.69. The van der Waals surface area contributed by atoms with E-state index in [1.54, 1.807) is 16.8 Å². The van der Waals surface area contributed by atoms with Gasteiger partial charge in [0.1, 0.15) is 5.49 Å². The van der Waals surface area contributed by atoms with Crippen LogP contribution in [0.3, 0.4) is 0 Å². The SMILES string of the molecule is N=c1c(C(N)=O)cc(Cl)cn1Cc1sccc1Cl. The summed E-state index contributed by atoms with van der Waals surface area (Å²) >= 11 is 13.4. The highest BCUT2D eigenvalue weighted by Gasteiger charge is 2.10. The van der Waals surface area contributed by atoms with Crippen LogP contribution < -0.4 is 11.2 Å². The number of carbonyl (C=O) groups excluding carboxylic acids is 1. The minimum atomic E-state index is -0.673. The van der Waals surface area contributed by atoms with Crippen molar-refractivity contribution in [1.82, 2.24) is 4.57 Å². The summed E-state index contributed by atoms with van der Waals surface area (Å²) < 4.78 is 1.54. The molecule has 2 aromatic heterocycles. The molecule has 4 nitrogen and oxygen atoms in total. The van der Waals surface area contributed by atoms with Crippen molar-refractivity contribution in [2.45, 2.75) is 6.54 Å². The molecule has 1 amide bonds. The second kappa shape index (κ2) is 5.14. The van der Waals surface area contributed by atoms with Crippen LogP contribution in [0.25, 0.3) is 0 Å². The molecule has 0 aliphatic heterocycles. The van der Waals surface area contributed by atoms with Gasteiger partial charge >= 0.3 is 0 Å². The van der Waals surface area contributed by atoms with Crippen LogP contribution in [-0.4, -0.2) is 10.5 Å². The molecular weight excluding hydrogens is 293 g/mol. The van der Waals surface area contributed by atoms with E-state index in [2.05, 4.69) is 0 Å². The average molecular weight is 302 g/mol. The minimum Gasteiger partial charge on any atom is -0.365 e. The topological polar surface area (TPSA) is 71.9 Å². The molecule has 0 saturated heterocycles. The lowest BCUT2D eigenvalue weighted by atomic mass is 10.2. The van der Waals surface area contributed by atoms with Gasteiger partial charge in [0.2, 0.25) is 0 Å². The summed E-state index contributed by atoms with van der Waals surface area (Å²) in [6.07, 6.45) is 1.58. The van der Waals surface area contributed by atoms with E-state index in [9.17, 15) is 4.79 Å². The molecule has 18 heavy (non-hydrogen) atoms. The maximum atomic E-state index is 11.2. The van der Waals surface area contributed by atoms with Crippen LogP contribution in [0.5, 0.6) is 0 Å². The number of hydrogen-bond acceptors (Lipinski definition) is 3. The molecule has 2 heterocycles. The molecule has 2 aromatic rings. The van der Waals surface area contributed by atoms with Crippen LogP contribution in [0.2, 0.25) is 10.0 Å². The number of halogens is 2. The van der Waals surface area contributed by atoms with Crippen molar-refractivity contribution >= 4 is 40.4 Å². The Morgan fingerprint density at radius 1 is 1.50 bits per heavy atom. The van der Waals surface area contributed by atoms with Gasteiger partial charge in [-0.1, -0.05) is 23.2 Å². The number of nitrogens with one attached hydrogen (secondary N) is 1. The Morgan fingerprint density at radius 2 is 2.22 bits per heavy atom. The van der Waals surface area contributed by atoms with Crippen LogP contribution in [-0.2, 0) is 6.54 Å². The van der Waals surface area contributed by atoms with Gasteiger partial charge in [-0.15, -0.1) is 11.3 Å². The summed E-state index contributed by atoms with van der Waals surface area (Å²) in [7, 11) is 0. The second-order valence-electron chi connectivity index (χ2n) is 3.60. The van der Waals surface area contributed by atoms with Crippen LogP contribution in [0, 0.1) is 5.41 Å². The molecule has 0 radical (unpaired) electrons. The van der Waals surface area contributed by atoms with Crippen molar-refractivity contribution < 1.29 is 4.79 Å². The van der Waals surface area contributed by atoms with E-state index >= 15 is 0 Å². The third kappa shape index (κ3) is 2.58. The summed E-state index contributed by atoms with van der Waals surface area (Å²) in [6.45, 7) is 0.385. The second-order valence-corrected chi connectivity index (χ2v) is 5.45. The van der Waals surface area contributed by atoms with Gasteiger partial charge < -0.3 is 10.3 Å². The van der Waals surface area contributed by atoms with Crippen LogP contribution in [0.1, 0.15) is 15.2 Å².